The minimum atomic E-state index is -0.353. The Hall–Kier alpha value is -3.92. The molecule has 0 radical (unpaired) electrons. The largest absolute Gasteiger partial charge is 0.344 e. The van der Waals surface area contributed by atoms with Gasteiger partial charge in [0.1, 0.15) is 5.70 Å². The maximum Gasteiger partial charge on any atom is 0.268 e. The van der Waals surface area contributed by atoms with E-state index in [1.807, 2.05) is 79.7 Å². The van der Waals surface area contributed by atoms with Crippen LogP contribution in [0.15, 0.2) is 109 Å². The molecular weight excluding hydrogens is 372 g/mol. The molecule has 3 aromatic carbocycles. The lowest BCUT2D eigenvalue weighted by molar-refractivity contribution is -0.118. The smallest absolute Gasteiger partial charge is 0.268 e. The second kappa shape index (κ2) is 10.6. The summed E-state index contributed by atoms with van der Waals surface area (Å²) in [4.78, 5) is 25.5. The zero-order valence-corrected chi connectivity index (χ0v) is 16.8. The van der Waals surface area contributed by atoms with E-state index in [4.69, 9.17) is 0 Å². The van der Waals surface area contributed by atoms with Crippen molar-refractivity contribution < 1.29 is 9.59 Å². The van der Waals surface area contributed by atoms with Crippen LogP contribution in [0.3, 0.4) is 0 Å². The van der Waals surface area contributed by atoms with Crippen LogP contribution in [-0.4, -0.2) is 11.8 Å². The first-order valence-corrected chi connectivity index (χ1v) is 9.79. The summed E-state index contributed by atoms with van der Waals surface area (Å²) < 4.78 is 0. The molecule has 0 aromatic heterocycles. The van der Waals surface area contributed by atoms with E-state index in [1.165, 1.54) is 0 Å². The van der Waals surface area contributed by atoms with Crippen molar-refractivity contribution >= 4 is 17.9 Å². The minimum Gasteiger partial charge on any atom is -0.344 e. The van der Waals surface area contributed by atoms with Crippen LogP contribution in [-0.2, 0) is 4.79 Å². The molecule has 3 aromatic rings. The van der Waals surface area contributed by atoms with Crippen molar-refractivity contribution in [1.82, 2.24) is 10.6 Å². The molecule has 0 saturated heterocycles. The second-order valence-corrected chi connectivity index (χ2v) is 6.78. The highest BCUT2D eigenvalue weighted by Gasteiger charge is 2.16. The van der Waals surface area contributed by atoms with Crippen LogP contribution >= 0.6 is 0 Å². The van der Waals surface area contributed by atoms with Crippen LogP contribution in [0.4, 0.5) is 0 Å². The van der Waals surface area contributed by atoms with E-state index in [-0.39, 0.29) is 23.6 Å². The maximum atomic E-state index is 12.9. The third-order valence-electron chi connectivity index (χ3n) is 4.53. The van der Waals surface area contributed by atoms with E-state index in [2.05, 4.69) is 10.6 Å². The molecule has 0 aliphatic carbocycles. The van der Waals surface area contributed by atoms with E-state index < -0.39 is 0 Å². The van der Waals surface area contributed by atoms with Gasteiger partial charge < -0.3 is 10.6 Å². The van der Waals surface area contributed by atoms with Crippen LogP contribution in [0, 0.1) is 0 Å². The molecule has 150 valence electrons. The fourth-order valence-electron chi connectivity index (χ4n) is 2.88. The average molecular weight is 396 g/mol. The molecule has 2 amide bonds. The predicted octanol–water partition coefficient (Wildman–Crippen LogP) is 4.89. The Balaban J connectivity index is 1.78. The van der Waals surface area contributed by atoms with Crippen LogP contribution < -0.4 is 10.6 Å². The highest BCUT2D eigenvalue weighted by molar-refractivity contribution is 6.03. The van der Waals surface area contributed by atoms with Crippen molar-refractivity contribution in [3.05, 3.63) is 126 Å². The summed E-state index contributed by atoms with van der Waals surface area (Å²) in [5.74, 6) is -0.689. The third-order valence-corrected chi connectivity index (χ3v) is 4.53. The zero-order valence-electron chi connectivity index (χ0n) is 16.8. The number of carbonyl (C=O) groups excluding carboxylic acids is 2. The first kappa shape index (κ1) is 20.8. The zero-order chi connectivity index (χ0) is 21.2. The number of benzene rings is 3. The topological polar surface area (TPSA) is 58.2 Å². The standard InChI is InChI=1S/C26H24N2O2/c1-20(22-15-7-3-8-16-22)27-26(30)24(19-11-14-21-12-5-2-6-13-21)28-25(29)23-17-9-4-10-18-23/h2-20H,1H3,(H,27,30)(H,28,29)/b14-11+,24-19+/t20-/m0/s1. The number of allylic oxidation sites excluding steroid dienone is 2. The summed E-state index contributed by atoms with van der Waals surface area (Å²) in [7, 11) is 0. The van der Waals surface area contributed by atoms with E-state index in [0.29, 0.717) is 5.56 Å². The lowest BCUT2D eigenvalue weighted by Gasteiger charge is -2.16. The summed E-state index contributed by atoms with van der Waals surface area (Å²) in [5.41, 5.74) is 2.65. The number of hydrogen-bond acceptors (Lipinski definition) is 2. The number of rotatable bonds is 7. The molecule has 3 rings (SSSR count). The van der Waals surface area contributed by atoms with Crippen molar-refractivity contribution in [3.63, 3.8) is 0 Å². The van der Waals surface area contributed by atoms with Gasteiger partial charge in [-0.15, -0.1) is 0 Å². The first-order chi connectivity index (χ1) is 14.6. The van der Waals surface area contributed by atoms with Crippen molar-refractivity contribution in [3.8, 4) is 0 Å². The molecule has 0 saturated carbocycles. The molecule has 30 heavy (non-hydrogen) atoms. The fourth-order valence-corrected chi connectivity index (χ4v) is 2.88. The monoisotopic (exact) mass is 396 g/mol. The predicted molar refractivity (Wildman–Crippen MR) is 120 cm³/mol. The summed E-state index contributed by atoms with van der Waals surface area (Å²) in [6.45, 7) is 1.91. The van der Waals surface area contributed by atoms with Crippen molar-refractivity contribution in [2.45, 2.75) is 13.0 Å². The lowest BCUT2D eigenvalue weighted by Crippen LogP contribution is -2.36. The van der Waals surface area contributed by atoms with Crippen LogP contribution in [0.5, 0.6) is 0 Å². The van der Waals surface area contributed by atoms with Gasteiger partial charge in [-0.2, -0.15) is 0 Å². The average Bonchev–Trinajstić information content (AvgIpc) is 2.80. The number of hydrogen-bond donors (Lipinski definition) is 2. The molecular formula is C26H24N2O2. The third kappa shape index (κ3) is 6.04. The molecule has 0 unspecified atom stereocenters. The second-order valence-electron chi connectivity index (χ2n) is 6.78. The van der Waals surface area contributed by atoms with Gasteiger partial charge in [0.25, 0.3) is 11.8 Å². The SMILES string of the molecule is C[C@H](NC(=O)/C(=C\C=C\c1ccccc1)NC(=O)c1ccccc1)c1ccccc1. The van der Waals surface area contributed by atoms with E-state index >= 15 is 0 Å². The van der Waals surface area contributed by atoms with Gasteiger partial charge in [-0.3, -0.25) is 9.59 Å². The van der Waals surface area contributed by atoms with Crippen molar-refractivity contribution in [2.24, 2.45) is 0 Å². The van der Waals surface area contributed by atoms with Gasteiger partial charge >= 0.3 is 0 Å². The molecule has 4 heteroatoms. The van der Waals surface area contributed by atoms with Gasteiger partial charge in [0, 0.05) is 5.56 Å². The molecule has 0 aliphatic heterocycles. The Bertz CT molecular complexity index is 1030. The minimum absolute atomic E-state index is 0.179. The fraction of sp³-hybridized carbons (Fsp3) is 0.0769. The van der Waals surface area contributed by atoms with Crippen LogP contribution in [0.2, 0.25) is 0 Å². The molecule has 0 heterocycles. The summed E-state index contributed by atoms with van der Waals surface area (Å²) in [6, 6.07) is 28.0. The van der Waals surface area contributed by atoms with Crippen molar-refractivity contribution in [1.29, 1.82) is 0 Å². The molecule has 0 fully saturated rings. The molecule has 4 nitrogen and oxygen atoms in total. The molecule has 0 aliphatic rings. The molecule has 2 N–H and O–H groups in total. The normalized spacial score (nSPS) is 12.4. The van der Waals surface area contributed by atoms with Crippen molar-refractivity contribution in [2.75, 3.05) is 0 Å². The highest BCUT2D eigenvalue weighted by atomic mass is 16.2. The van der Waals surface area contributed by atoms with E-state index in [9.17, 15) is 9.59 Å². The van der Waals surface area contributed by atoms with Gasteiger partial charge in [-0.05, 0) is 36.3 Å². The summed E-state index contributed by atoms with van der Waals surface area (Å²) in [5, 5.41) is 5.68. The van der Waals surface area contributed by atoms with E-state index in [1.54, 1.807) is 36.4 Å². The van der Waals surface area contributed by atoms with E-state index in [0.717, 1.165) is 11.1 Å². The van der Waals surface area contributed by atoms with Crippen LogP contribution in [0.1, 0.15) is 34.5 Å². The van der Waals surface area contributed by atoms with Crippen LogP contribution in [0.25, 0.3) is 6.08 Å². The quantitative estimate of drug-likeness (QED) is 0.441. The number of nitrogens with one attached hydrogen (secondary N) is 2. The summed E-state index contributed by atoms with van der Waals surface area (Å²) in [6.07, 6.45) is 5.24. The lowest BCUT2D eigenvalue weighted by atomic mass is 10.1. The Kier molecular flexibility index (Phi) is 7.34. The Morgan fingerprint density at radius 3 is 2.00 bits per heavy atom. The number of carbonyl (C=O) groups is 2. The first-order valence-electron chi connectivity index (χ1n) is 9.79. The Morgan fingerprint density at radius 1 is 0.800 bits per heavy atom. The number of amides is 2. The highest BCUT2D eigenvalue weighted by Crippen LogP contribution is 2.12. The van der Waals surface area contributed by atoms with Gasteiger partial charge in [-0.1, -0.05) is 91.0 Å². The maximum absolute atomic E-state index is 12.9. The molecule has 1 atom stereocenters. The molecule has 0 bridgehead atoms. The molecule has 0 spiro atoms. The Labute approximate surface area is 177 Å². The van der Waals surface area contributed by atoms with Gasteiger partial charge in [0.2, 0.25) is 0 Å². The van der Waals surface area contributed by atoms with Gasteiger partial charge in [0.05, 0.1) is 6.04 Å². The Morgan fingerprint density at radius 2 is 1.37 bits per heavy atom. The summed E-state index contributed by atoms with van der Waals surface area (Å²) >= 11 is 0. The van der Waals surface area contributed by atoms with Gasteiger partial charge in [0.15, 0.2) is 0 Å². The van der Waals surface area contributed by atoms with Gasteiger partial charge in [-0.25, -0.2) is 0 Å².